The molecule has 4 rings (SSSR count). The van der Waals surface area contributed by atoms with Crippen LogP contribution in [0.4, 0.5) is 17.1 Å². The molecule has 0 radical (unpaired) electrons. The molecule has 3 aromatic carbocycles. The summed E-state index contributed by atoms with van der Waals surface area (Å²) in [6.07, 6.45) is 1.88. The van der Waals surface area contributed by atoms with Gasteiger partial charge in [0, 0.05) is 11.4 Å². The van der Waals surface area contributed by atoms with Gasteiger partial charge >= 0.3 is 0 Å². The van der Waals surface area contributed by atoms with Crippen molar-refractivity contribution in [2.75, 3.05) is 5.32 Å². The first-order valence-corrected chi connectivity index (χ1v) is 9.76. The Bertz CT molecular complexity index is 1040. The van der Waals surface area contributed by atoms with Gasteiger partial charge in [0.15, 0.2) is 5.17 Å². The predicted molar refractivity (Wildman–Crippen MR) is 118 cm³/mol. The van der Waals surface area contributed by atoms with Gasteiger partial charge in [0.25, 0.3) is 5.91 Å². The number of amidine groups is 1. The summed E-state index contributed by atoms with van der Waals surface area (Å²) in [6.45, 7) is 2.04. The van der Waals surface area contributed by atoms with E-state index in [4.69, 9.17) is 0 Å². The molecular weight excluding hydrogens is 366 g/mol. The van der Waals surface area contributed by atoms with Crippen LogP contribution in [0.2, 0.25) is 0 Å². The Hall–Kier alpha value is -3.31. The fraction of sp³-hybridized carbons (Fsp3) is 0.0435. The predicted octanol–water partition coefficient (Wildman–Crippen LogP) is 5.63. The number of carbonyl (C=O) groups is 1. The van der Waals surface area contributed by atoms with Gasteiger partial charge in [-0.2, -0.15) is 0 Å². The fourth-order valence-electron chi connectivity index (χ4n) is 2.72. The van der Waals surface area contributed by atoms with Gasteiger partial charge in [-0.3, -0.25) is 4.79 Å². The van der Waals surface area contributed by atoms with E-state index in [9.17, 15) is 4.79 Å². The van der Waals surface area contributed by atoms with Gasteiger partial charge in [-0.1, -0.05) is 48.0 Å². The Labute approximate surface area is 168 Å². The van der Waals surface area contributed by atoms with Gasteiger partial charge < -0.3 is 10.6 Å². The van der Waals surface area contributed by atoms with Gasteiger partial charge in [-0.15, -0.1) is 0 Å². The van der Waals surface area contributed by atoms with Crippen molar-refractivity contribution in [3.05, 3.63) is 94.9 Å². The lowest BCUT2D eigenvalue weighted by molar-refractivity contribution is -0.115. The van der Waals surface area contributed by atoms with Crippen molar-refractivity contribution in [2.24, 2.45) is 4.99 Å². The highest BCUT2D eigenvalue weighted by Crippen LogP contribution is 2.28. The van der Waals surface area contributed by atoms with Gasteiger partial charge in [0.05, 0.1) is 10.6 Å². The Morgan fingerprint density at radius 2 is 1.57 bits per heavy atom. The van der Waals surface area contributed by atoms with Crippen molar-refractivity contribution in [1.82, 2.24) is 5.32 Å². The first-order chi connectivity index (χ1) is 13.7. The number of amides is 1. The Morgan fingerprint density at radius 3 is 2.29 bits per heavy atom. The van der Waals surface area contributed by atoms with E-state index in [1.165, 1.54) is 17.3 Å². The number of benzene rings is 3. The van der Waals surface area contributed by atoms with Gasteiger partial charge in [0.2, 0.25) is 0 Å². The number of hydrogen-bond donors (Lipinski definition) is 2. The monoisotopic (exact) mass is 385 g/mol. The zero-order chi connectivity index (χ0) is 19.3. The molecule has 5 heteroatoms. The van der Waals surface area contributed by atoms with Crippen molar-refractivity contribution in [3.63, 3.8) is 0 Å². The van der Waals surface area contributed by atoms with Gasteiger partial charge in [0.1, 0.15) is 0 Å². The van der Waals surface area contributed by atoms with Crippen LogP contribution in [-0.4, -0.2) is 11.1 Å². The summed E-state index contributed by atoms with van der Waals surface area (Å²) in [5.41, 5.74) is 5.00. The average molecular weight is 385 g/mol. The van der Waals surface area contributed by atoms with E-state index in [1.54, 1.807) is 0 Å². The van der Waals surface area contributed by atoms with Crippen LogP contribution in [0.25, 0.3) is 6.08 Å². The summed E-state index contributed by atoms with van der Waals surface area (Å²) in [5.74, 6) is -0.119. The molecule has 1 heterocycles. The minimum absolute atomic E-state index is 0.119. The summed E-state index contributed by atoms with van der Waals surface area (Å²) in [6, 6.07) is 25.9. The molecule has 0 spiro atoms. The quantitative estimate of drug-likeness (QED) is 0.572. The van der Waals surface area contributed by atoms with Gasteiger partial charge in [-0.25, -0.2) is 4.99 Å². The second-order valence-corrected chi connectivity index (χ2v) is 7.46. The molecule has 4 nitrogen and oxygen atoms in total. The first kappa shape index (κ1) is 18.1. The number of carbonyl (C=O) groups excluding carboxylic acids is 1. The maximum atomic E-state index is 12.2. The molecule has 28 heavy (non-hydrogen) atoms. The molecule has 1 aliphatic rings. The molecule has 2 N–H and O–H groups in total. The number of para-hydroxylation sites is 1. The molecule has 1 aliphatic heterocycles. The van der Waals surface area contributed by atoms with E-state index in [2.05, 4.69) is 15.6 Å². The summed E-state index contributed by atoms with van der Waals surface area (Å²) < 4.78 is 0. The molecule has 138 valence electrons. The maximum Gasteiger partial charge on any atom is 0.264 e. The minimum Gasteiger partial charge on any atom is -0.356 e. The first-order valence-electron chi connectivity index (χ1n) is 8.94. The van der Waals surface area contributed by atoms with Crippen LogP contribution in [0.15, 0.2) is 88.8 Å². The molecule has 1 fully saturated rings. The third-order valence-electron chi connectivity index (χ3n) is 4.19. The SMILES string of the molecule is Cc1ccc(/C=C2\SC(=Nc3ccc(Nc4ccccc4)cc3)NC2=O)cc1. The highest BCUT2D eigenvalue weighted by molar-refractivity contribution is 8.18. The van der Waals surface area contributed by atoms with Crippen LogP contribution in [0.1, 0.15) is 11.1 Å². The summed E-state index contributed by atoms with van der Waals surface area (Å²) in [5, 5.41) is 6.76. The lowest BCUT2D eigenvalue weighted by atomic mass is 10.1. The normalized spacial score (nSPS) is 16.4. The van der Waals surface area contributed by atoms with Crippen molar-refractivity contribution in [3.8, 4) is 0 Å². The standard InChI is InChI=1S/C23H19N3OS/c1-16-7-9-17(10-8-16)15-21-22(27)26-23(28-21)25-20-13-11-19(12-14-20)24-18-5-3-2-4-6-18/h2-15,24H,1H3,(H,25,26,27)/b21-15-. The number of nitrogens with zero attached hydrogens (tertiary/aromatic N) is 1. The molecule has 1 amide bonds. The molecule has 0 unspecified atom stereocenters. The highest BCUT2D eigenvalue weighted by atomic mass is 32.2. The van der Waals surface area contributed by atoms with Crippen molar-refractivity contribution in [1.29, 1.82) is 0 Å². The van der Waals surface area contributed by atoms with Gasteiger partial charge in [-0.05, 0) is 66.7 Å². The average Bonchev–Trinajstić information content (AvgIpc) is 3.05. The van der Waals surface area contributed by atoms with E-state index in [-0.39, 0.29) is 5.91 Å². The molecule has 0 aliphatic carbocycles. The Balaban J connectivity index is 1.45. The lowest BCUT2D eigenvalue weighted by Crippen LogP contribution is -2.19. The van der Waals surface area contributed by atoms with Crippen molar-refractivity contribution in [2.45, 2.75) is 6.92 Å². The van der Waals surface area contributed by atoms with Crippen molar-refractivity contribution < 1.29 is 4.79 Å². The molecule has 0 aromatic heterocycles. The summed E-state index contributed by atoms with van der Waals surface area (Å²) >= 11 is 1.35. The summed E-state index contributed by atoms with van der Waals surface area (Å²) in [7, 11) is 0. The van der Waals surface area contributed by atoms with Crippen LogP contribution < -0.4 is 10.6 Å². The lowest BCUT2D eigenvalue weighted by Gasteiger charge is -2.06. The van der Waals surface area contributed by atoms with E-state index in [0.29, 0.717) is 10.1 Å². The number of aliphatic imine (C=N–C) groups is 1. The molecule has 1 saturated heterocycles. The van der Waals surface area contributed by atoms with Crippen LogP contribution >= 0.6 is 11.8 Å². The van der Waals surface area contributed by atoms with Crippen LogP contribution in [-0.2, 0) is 4.79 Å². The number of nitrogens with one attached hydrogen (secondary N) is 2. The number of hydrogen-bond acceptors (Lipinski definition) is 4. The fourth-order valence-corrected chi connectivity index (χ4v) is 3.56. The third kappa shape index (κ3) is 4.50. The Kier molecular flexibility index (Phi) is 5.26. The van der Waals surface area contributed by atoms with E-state index in [0.717, 1.165) is 22.6 Å². The number of anilines is 2. The summed E-state index contributed by atoms with van der Waals surface area (Å²) in [4.78, 5) is 17.4. The molecule has 0 atom stereocenters. The third-order valence-corrected chi connectivity index (χ3v) is 5.10. The smallest absolute Gasteiger partial charge is 0.264 e. The topological polar surface area (TPSA) is 53.5 Å². The molecule has 0 bridgehead atoms. The number of rotatable bonds is 4. The zero-order valence-corrected chi connectivity index (χ0v) is 16.2. The Morgan fingerprint density at radius 1 is 0.893 bits per heavy atom. The van der Waals surface area contributed by atoms with Crippen LogP contribution in [0.5, 0.6) is 0 Å². The second-order valence-electron chi connectivity index (χ2n) is 6.43. The molecule has 3 aromatic rings. The highest BCUT2D eigenvalue weighted by Gasteiger charge is 2.23. The van der Waals surface area contributed by atoms with Crippen molar-refractivity contribution >= 4 is 46.0 Å². The minimum atomic E-state index is -0.119. The van der Waals surface area contributed by atoms with Crippen LogP contribution in [0, 0.1) is 6.92 Å². The van der Waals surface area contributed by atoms with E-state index in [1.807, 2.05) is 91.9 Å². The van der Waals surface area contributed by atoms with E-state index >= 15 is 0 Å². The maximum absolute atomic E-state index is 12.2. The van der Waals surface area contributed by atoms with E-state index < -0.39 is 0 Å². The largest absolute Gasteiger partial charge is 0.356 e. The zero-order valence-electron chi connectivity index (χ0n) is 15.3. The van der Waals surface area contributed by atoms with Crippen LogP contribution in [0.3, 0.4) is 0 Å². The second kappa shape index (κ2) is 8.15. The number of thioether (sulfide) groups is 1. The molecular formula is C23H19N3OS. The molecule has 0 saturated carbocycles. The number of aryl methyl sites for hydroxylation is 1.